The van der Waals surface area contributed by atoms with Gasteiger partial charge in [-0.25, -0.2) is 0 Å². The van der Waals surface area contributed by atoms with Crippen LogP contribution in [0.25, 0.3) is 0 Å². The monoisotopic (exact) mass is 321 g/mol. The molecule has 1 unspecified atom stereocenters. The van der Waals surface area contributed by atoms with E-state index < -0.39 is 0 Å². The second kappa shape index (κ2) is 5.84. The molecule has 0 aromatic heterocycles. The standard InChI is InChI=1S/C17H24ClN3O/c1-17(2)12-19(3)10-15-11-20(8-9-21(15)17)16(22)13-4-6-14(18)7-5-13/h4-7,15H,8-12H2,1-3H3. The molecule has 0 bridgehead atoms. The molecular weight excluding hydrogens is 298 g/mol. The number of likely N-dealkylation sites (N-methyl/N-ethyl adjacent to an activating group) is 1. The lowest BCUT2D eigenvalue weighted by Crippen LogP contribution is -2.69. The molecule has 3 rings (SSSR count). The Balaban J connectivity index is 1.73. The number of halogens is 1. The molecule has 0 radical (unpaired) electrons. The van der Waals surface area contributed by atoms with E-state index in [1.165, 1.54) is 0 Å². The van der Waals surface area contributed by atoms with E-state index >= 15 is 0 Å². The molecule has 1 aromatic rings. The van der Waals surface area contributed by atoms with Gasteiger partial charge in [0.15, 0.2) is 0 Å². The molecule has 0 aliphatic carbocycles. The minimum atomic E-state index is 0.113. The zero-order chi connectivity index (χ0) is 15.9. The number of benzene rings is 1. The Bertz CT molecular complexity index is 558. The summed E-state index contributed by atoms with van der Waals surface area (Å²) in [5, 5.41) is 0.664. The van der Waals surface area contributed by atoms with Crippen molar-refractivity contribution in [2.24, 2.45) is 0 Å². The molecule has 1 aromatic carbocycles. The fraction of sp³-hybridized carbons (Fsp3) is 0.588. The molecule has 2 heterocycles. The lowest BCUT2D eigenvalue weighted by atomic mass is 9.93. The lowest BCUT2D eigenvalue weighted by Gasteiger charge is -2.55. The summed E-state index contributed by atoms with van der Waals surface area (Å²) in [6.45, 7) is 9.24. The van der Waals surface area contributed by atoms with Gasteiger partial charge < -0.3 is 9.80 Å². The summed E-state index contributed by atoms with van der Waals surface area (Å²) < 4.78 is 0. The van der Waals surface area contributed by atoms with Crippen LogP contribution in [-0.4, -0.2) is 72.0 Å². The molecule has 2 saturated heterocycles. The number of hydrogen-bond donors (Lipinski definition) is 0. The minimum absolute atomic E-state index is 0.113. The summed E-state index contributed by atoms with van der Waals surface area (Å²) in [5.74, 6) is 0.113. The van der Waals surface area contributed by atoms with Crippen LogP contribution in [0.5, 0.6) is 0 Å². The highest BCUT2D eigenvalue weighted by atomic mass is 35.5. The molecule has 120 valence electrons. The number of rotatable bonds is 1. The second-order valence-corrected chi connectivity index (χ2v) is 7.55. The van der Waals surface area contributed by atoms with Gasteiger partial charge in [0, 0.05) is 54.9 Å². The van der Waals surface area contributed by atoms with E-state index in [4.69, 9.17) is 11.6 Å². The number of fused-ring (bicyclic) bond motifs is 1. The first-order valence-electron chi connectivity index (χ1n) is 7.87. The van der Waals surface area contributed by atoms with Gasteiger partial charge in [0.25, 0.3) is 5.91 Å². The summed E-state index contributed by atoms with van der Waals surface area (Å²) in [6, 6.07) is 7.60. The molecule has 0 spiro atoms. The largest absolute Gasteiger partial charge is 0.336 e. The van der Waals surface area contributed by atoms with Gasteiger partial charge in [0.05, 0.1) is 0 Å². The van der Waals surface area contributed by atoms with Crippen molar-refractivity contribution < 1.29 is 4.79 Å². The van der Waals surface area contributed by atoms with Gasteiger partial charge in [-0.1, -0.05) is 11.6 Å². The molecule has 0 N–H and O–H groups in total. The van der Waals surface area contributed by atoms with Crippen LogP contribution in [0, 0.1) is 0 Å². The smallest absolute Gasteiger partial charge is 0.253 e. The van der Waals surface area contributed by atoms with Gasteiger partial charge in [0.1, 0.15) is 0 Å². The number of carbonyl (C=O) groups excluding carboxylic acids is 1. The van der Waals surface area contributed by atoms with Gasteiger partial charge in [-0.15, -0.1) is 0 Å². The number of nitrogens with zero attached hydrogens (tertiary/aromatic N) is 3. The third-order valence-corrected chi connectivity index (χ3v) is 5.07. The SMILES string of the molecule is CN1CC2CN(C(=O)c3ccc(Cl)cc3)CCN2C(C)(C)C1. The summed E-state index contributed by atoms with van der Waals surface area (Å²) in [6.07, 6.45) is 0. The van der Waals surface area contributed by atoms with Crippen LogP contribution in [0.15, 0.2) is 24.3 Å². The van der Waals surface area contributed by atoms with Crippen LogP contribution in [0.3, 0.4) is 0 Å². The molecule has 4 nitrogen and oxygen atoms in total. The zero-order valence-electron chi connectivity index (χ0n) is 13.6. The third-order valence-electron chi connectivity index (χ3n) is 4.82. The van der Waals surface area contributed by atoms with Crippen molar-refractivity contribution in [2.45, 2.75) is 25.4 Å². The first-order chi connectivity index (χ1) is 10.4. The molecule has 2 aliphatic heterocycles. The molecule has 22 heavy (non-hydrogen) atoms. The van der Waals surface area contributed by atoms with Crippen molar-refractivity contribution in [1.29, 1.82) is 0 Å². The number of amides is 1. The molecule has 5 heteroatoms. The first kappa shape index (κ1) is 15.8. The van der Waals surface area contributed by atoms with Crippen molar-refractivity contribution in [1.82, 2.24) is 14.7 Å². The van der Waals surface area contributed by atoms with Crippen LogP contribution in [0.4, 0.5) is 0 Å². The molecule has 1 atom stereocenters. The van der Waals surface area contributed by atoms with Crippen molar-refractivity contribution in [2.75, 3.05) is 39.8 Å². The number of piperazine rings is 2. The summed E-state index contributed by atoms with van der Waals surface area (Å²) in [7, 11) is 2.17. The van der Waals surface area contributed by atoms with Gasteiger partial charge in [-0.3, -0.25) is 9.69 Å². The van der Waals surface area contributed by atoms with Crippen LogP contribution >= 0.6 is 11.6 Å². The maximum Gasteiger partial charge on any atom is 0.253 e. The summed E-state index contributed by atoms with van der Waals surface area (Å²) in [5.41, 5.74) is 0.897. The number of hydrogen-bond acceptors (Lipinski definition) is 3. The Labute approximate surface area is 137 Å². The average Bonchev–Trinajstić information content (AvgIpc) is 2.45. The predicted molar refractivity (Wildman–Crippen MR) is 89.4 cm³/mol. The Morgan fingerprint density at radius 3 is 2.55 bits per heavy atom. The highest BCUT2D eigenvalue weighted by Gasteiger charge is 2.42. The normalized spacial score (nSPS) is 25.8. The highest BCUT2D eigenvalue weighted by Crippen LogP contribution is 2.27. The van der Waals surface area contributed by atoms with Crippen molar-refractivity contribution in [3.05, 3.63) is 34.9 Å². The van der Waals surface area contributed by atoms with E-state index in [2.05, 4.69) is 30.7 Å². The molecule has 2 fully saturated rings. The Hall–Kier alpha value is -1.10. The van der Waals surface area contributed by atoms with Gasteiger partial charge >= 0.3 is 0 Å². The zero-order valence-corrected chi connectivity index (χ0v) is 14.3. The minimum Gasteiger partial charge on any atom is -0.336 e. The van der Waals surface area contributed by atoms with E-state index in [-0.39, 0.29) is 11.4 Å². The lowest BCUT2D eigenvalue weighted by molar-refractivity contribution is -0.0518. The van der Waals surface area contributed by atoms with Crippen LogP contribution in [0.2, 0.25) is 5.02 Å². The van der Waals surface area contributed by atoms with E-state index in [1.807, 2.05) is 17.0 Å². The van der Waals surface area contributed by atoms with E-state index in [1.54, 1.807) is 12.1 Å². The Morgan fingerprint density at radius 2 is 1.86 bits per heavy atom. The quantitative estimate of drug-likeness (QED) is 0.793. The average molecular weight is 322 g/mol. The molecule has 0 saturated carbocycles. The van der Waals surface area contributed by atoms with Crippen LogP contribution in [-0.2, 0) is 0 Å². The van der Waals surface area contributed by atoms with Gasteiger partial charge in [0.2, 0.25) is 0 Å². The van der Waals surface area contributed by atoms with Gasteiger partial charge in [-0.2, -0.15) is 0 Å². The van der Waals surface area contributed by atoms with E-state index in [0.717, 1.165) is 38.3 Å². The summed E-state index contributed by atoms with van der Waals surface area (Å²) >= 11 is 5.90. The summed E-state index contributed by atoms with van der Waals surface area (Å²) in [4.78, 5) is 19.6. The third kappa shape index (κ3) is 3.00. The van der Waals surface area contributed by atoms with Crippen molar-refractivity contribution in [3.63, 3.8) is 0 Å². The predicted octanol–water partition coefficient (Wildman–Crippen LogP) is 2.19. The van der Waals surface area contributed by atoms with Crippen LogP contribution < -0.4 is 0 Å². The molecule has 2 aliphatic rings. The Kier molecular flexibility index (Phi) is 4.19. The van der Waals surface area contributed by atoms with E-state index in [9.17, 15) is 4.79 Å². The fourth-order valence-corrected chi connectivity index (χ4v) is 4.07. The maximum atomic E-state index is 12.7. The first-order valence-corrected chi connectivity index (χ1v) is 8.25. The topological polar surface area (TPSA) is 26.8 Å². The van der Waals surface area contributed by atoms with Gasteiger partial charge in [-0.05, 0) is 45.2 Å². The van der Waals surface area contributed by atoms with Crippen molar-refractivity contribution in [3.8, 4) is 0 Å². The van der Waals surface area contributed by atoms with E-state index in [0.29, 0.717) is 11.1 Å². The molecular formula is C17H24ClN3O. The Morgan fingerprint density at radius 1 is 1.18 bits per heavy atom. The van der Waals surface area contributed by atoms with Crippen molar-refractivity contribution >= 4 is 17.5 Å². The maximum absolute atomic E-state index is 12.7. The fourth-order valence-electron chi connectivity index (χ4n) is 3.94. The number of carbonyl (C=O) groups is 1. The van der Waals surface area contributed by atoms with Crippen LogP contribution in [0.1, 0.15) is 24.2 Å². The highest BCUT2D eigenvalue weighted by molar-refractivity contribution is 6.30. The second-order valence-electron chi connectivity index (χ2n) is 7.11. The molecule has 1 amide bonds.